The standard InChI is InChI=1S/C23H28F3N3O5/c1-4-28-19(15(3)21(31)29(22(28)32)11-6-12-30)27-20(18-10-9-14(18)2)33-16-7-5-8-17(13-16)34-23(24,25)26/h5,7-8,13-14,18,30H,4,6,9-12H2,1-3H3. The highest BCUT2D eigenvalue weighted by atomic mass is 19.4. The molecule has 1 aromatic heterocycles. The summed E-state index contributed by atoms with van der Waals surface area (Å²) in [5.41, 5.74) is -0.822. The van der Waals surface area contributed by atoms with Crippen LogP contribution in [0.4, 0.5) is 19.0 Å². The van der Waals surface area contributed by atoms with Crippen LogP contribution in [0.2, 0.25) is 0 Å². The zero-order valence-corrected chi connectivity index (χ0v) is 19.3. The number of alkyl halides is 3. The molecule has 34 heavy (non-hydrogen) atoms. The van der Waals surface area contributed by atoms with Gasteiger partial charge in [-0.05, 0) is 51.2 Å². The molecule has 1 N–H and O–H groups in total. The molecule has 1 heterocycles. The molecule has 0 amide bonds. The first-order chi connectivity index (χ1) is 16.1. The molecule has 0 radical (unpaired) electrons. The Bertz CT molecular complexity index is 1170. The highest BCUT2D eigenvalue weighted by Gasteiger charge is 2.34. The lowest BCUT2D eigenvalue weighted by molar-refractivity contribution is -0.274. The predicted octanol–water partition coefficient (Wildman–Crippen LogP) is 3.77. The summed E-state index contributed by atoms with van der Waals surface area (Å²) in [4.78, 5) is 30.4. The Morgan fingerprint density at radius 1 is 1.21 bits per heavy atom. The molecule has 1 fully saturated rings. The Hall–Kier alpha value is -3.08. The summed E-state index contributed by atoms with van der Waals surface area (Å²) in [6.07, 6.45) is -2.91. The Morgan fingerprint density at radius 3 is 2.47 bits per heavy atom. The molecule has 1 aliphatic rings. The third-order valence-corrected chi connectivity index (χ3v) is 5.89. The first-order valence-electron chi connectivity index (χ1n) is 11.1. The Morgan fingerprint density at radius 2 is 1.91 bits per heavy atom. The molecule has 11 heteroatoms. The second kappa shape index (κ2) is 10.5. The van der Waals surface area contributed by atoms with E-state index in [-0.39, 0.29) is 61.0 Å². The lowest BCUT2D eigenvalue weighted by Gasteiger charge is -2.34. The number of hydrogen-bond donors (Lipinski definition) is 1. The average molecular weight is 483 g/mol. The minimum Gasteiger partial charge on any atom is -0.442 e. The van der Waals surface area contributed by atoms with Gasteiger partial charge in [-0.1, -0.05) is 13.0 Å². The largest absolute Gasteiger partial charge is 0.573 e. The summed E-state index contributed by atoms with van der Waals surface area (Å²) in [6.45, 7) is 5.45. The van der Waals surface area contributed by atoms with Crippen LogP contribution in [0.25, 0.3) is 0 Å². The van der Waals surface area contributed by atoms with E-state index in [1.165, 1.54) is 16.7 Å². The van der Waals surface area contributed by atoms with E-state index in [1.54, 1.807) is 13.8 Å². The molecular formula is C23H28F3N3O5. The number of aliphatic hydroxyl groups is 1. The smallest absolute Gasteiger partial charge is 0.442 e. The van der Waals surface area contributed by atoms with E-state index in [9.17, 15) is 22.8 Å². The molecular weight excluding hydrogens is 455 g/mol. The van der Waals surface area contributed by atoms with Crippen molar-refractivity contribution < 1.29 is 27.8 Å². The predicted molar refractivity (Wildman–Crippen MR) is 120 cm³/mol. The van der Waals surface area contributed by atoms with Crippen LogP contribution in [-0.2, 0) is 13.1 Å². The zero-order chi connectivity index (χ0) is 25.0. The van der Waals surface area contributed by atoms with Gasteiger partial charge in [0, 0.05) is 31.7 Å². The van der Waals surface area contributed by atoms with Gasteiger partial charge < -0.3 is 14.6 Å². The fourth-order valence-electron chi connectivity index (χ4n) is 3.85. The quantitative estimate of drug-likeness (QED) is 0.456. The molecule has 8 nitrogen and oxygen atoms in total. The van der Waals surface area contributed by atoms with Crippen molar-refractivity contribution in [2.45, 2.75) is 59.5 Å². The number of aliphatic imine (C=N–C) groups is 1. The first kappa shape index (κ1) is 25.5. The summed E-state index contributed by atoms with van der Waals surface area (Å²) in [7, 11) is 0. The van der Waals surface area contributed by atoms with Crippen LogP contribution < -0.4 is 20.7 Å². The molecule has 2 unspecified atom stereocenters. The normalized spacial score (nSPS) is 18.5. The Balaban J connectivity index is 2.07. The second-order valence-electron chi connectivity index (χ2n) is 8.25. The van der Waals surface area contributed by atoms with Crippen LogP contribution in [0, 0.1) is 18.8 Å². The van der Waals surface area contributed by atoms with Crippen molar-refractivity contribution >= 4 is 11.7 Å². The maximum atomic E-state index is 12.9. The van der Waals surface area contributed by atoms with E-state index in [4.69, 9.17) is 9.84 Å². The number of ether oxygens (including phenoxy) is 2. The Kier molecular flexibility index (Phi) is 7.86. The molecule has 1 aliphatic carbocycles. The maximum absolute atomic E-state index is 12.9. The zero-order valence-electron chi connectivity index (χ0n) is 19.3. The van der Waals surface area contributed by atoms with E-state index in [1.807, 2.05) is 6.92 Å². The molecule has 186 valence electrons. The van der Waals surface area contributed by atoms with E-state index in [2.05, 4.69) is 9.73 Å². The summed E-state index contributed by atoms with van der Waals surface area (Å²) >= 11 is 0. The molecule has 3 rings (SSSR count). The van der Waals surface area contributed by atoms with Crippen molar-refractivity contribution in [3.8, 4) is 11.5 Å². The molecule has 0 aliphatic heterocycles. The highest BCUT2D eigenvalue weighted by Crippen LogP contribution is 2.37. The van der Waals surface area contributed by atoms with Gasteiger partial charge in [0.05, 0.1) is 5.56 Å². The van der Waals surface area contributed by atoms with E-state index < -0.39 is 23.4 Å². The number of aromatic nitrogens is 2. The van der Waals surface area contributed by atoms with Gasteiger partial charge >= 0.3 is 12.1 Å². The fourth-order valence-corrected chi connectivity index (χ4v) is 3.85. The van der Waals surface area contributed by atoms with Crippen LogP contribution in [0.5, 0.6) is 11.5 Å². The van der Waals surface area contributed by atoms with Crippen molar-refractivity contribution in [2.75, 3.05) is 6.61 Å². The van der Waals surface area contributed by atoms with Gasteiger partial charge in [-0.3, -0.25) is 13.9 Å². The van der Waals surface area contributed by atoms with Crippen molar-refractivity contribution in [3.05, 3.63) is 50.7 Å². The van der Waals surface area contributed by atoms with Gasteiger partial charge in [-0.2, -0.15) is 4.99 Å². The number of halogens is 3. The van der Waals surface area contributed by atoms with Crippen LogP contribution in [-0.4, -0.2) is 33.1 Å². The van der Waals surface area contributed by atoms with E-state index in [0.29, 0.717) is 0 Å². The molecule has 2 atom stereocenters. The Labute approximate surface area is 194 Å². The van der Waals surface area contributed by atoms with Gasteiger partial charge in [0.1, 0.15) is 17.3 Å². The van der Waals surface area contributed by atoms with Crippen LogP contribution >= 0.6 is 0 Å². The van der Waals surface area contributed by atoms with Crippen LogP contribution in [0.3, 0.4) is 0 Å². The lowest BCUT2D eigenvalue weighted by atomic mass is 9.75. The van der Waals surface area contributed by atoms with Crippen molar-refractivity contribution in [1.82, 2.24) is 9.13 Å². The minimum absolute atomic E-state index is 0.0774. The maximum Gasteiger partial charge on any atom is 0.573 e. The van der Waals surface area contributed by atoms with Crippen molar-refractivity contribution in [3.63, 3.8) is 0 Å². The van der Waals surface area contributed by atoms with Crippen molar-refractivity contribution in [2.24, 2.45) is 16.8 Å². The highest BCUT2D eigenvalue weighted by molar-refractivity contribution is 5.84. The SMILES string of the molecule is CCn1c(N=C(Oc2cccc(OC(F)(F)F)c2)C2CCC2C)c(C)c(=O)n(CCCO)c1=O. The van der Waals surface area contributed by atoms with E-state index in [0.717, 1.165) is 29.5 Å². The van der Waals surface area contributed by atoms with Gasteiger partial charge in [0.2, 0.25) is 0 Å². The summed E-state index contributed by atoms with van der Waals surface area (Å²) in [5.74, 6) is 0.122. The number of benzene rings is 1. The van der Waals surface area contributed by atoms with E-state index >= 15 is 0 Å². The number of aliphatic hydroxyl groups excluding tert-OH is 1. The summed E-state index contributed by atoms with van der Waals surface area (Å²) in [5, 5.41) is 9.09. The average Bonchev–Trinajstić information content (AvgIpc) is 2.75. The van der Waals surface area contributed by atoms with Crippen LogP contribution in [0.15, 0.2) is 38.8 Å². The topological polar surface area (TPSA) is 95.1 Å². The molecule has 0 saturated heterocycles. The molecule has 1 saturated carbocycles. The monoisotopic (exact) mass is 483 g/mol. The molecule has 1 aromatic carbocycles. The molecule has 0 spiro atoms. The summed E-state index contributed by atoms with van der Waals surface area (Å²) in [6, 6.07) is 5.12. The number of hydrogen-bond acceptors (Lipinski definition) is 6. The third kappa shape index (κ3) is 5.69. The second-order valence-corrected chi connectivity index (χ2v) is 8.25. The minimum atomic E-state index is -4.84. The first-order valence-corrected chi connectivity index (χ1v) is 11.1. The fraction of sp³-hybridized carbons (Fsp3) is 0.522. The lowest BCUT2D eigenvalue weighted by Crippen LogP contribution is -2.41. The van der Waals surface area contributed by atoms with Gasteiger partial charge in [0.25, 0.3) is 5.56 Å². The number of rotatable bonds is 8. The van der Waals surface area contributed by atoms with Crippen molar-refractivity contribution in [1.29, 1.82) is 0 Å². The van der Waals surface area contributed by atoms with Crippen LogP contribution in [0.1, 0.15) is 38.7 Å². The summed E-state index contributed by atoms with van der Waals surface area (Å²) < 4.78 is 50.2. The molecule has 2 aromatic rings. The van der Waals surface area contributed by atoms with Gasteiger partial charge in [-0.15, -0.1) is 13.2 Å². The van der Waals surface area contributed by atoms with Gasteiger partial charge in [0.15, 0.2) is 5.90 Å². The molecule has 0 bridgehead atoms. The number of nitrogens with zero attached hydrogens (tertiary/aromatic N) is 3. The third-order valence-electron chi connectivity index (χ3n) is 5.89. The van der Waals surface area contributed by atoms with Gasteiger partial charge in [-0.25, -0.2) is 4.79 Å².